The van der Waals surface area contributed by atoms with Crippen molar-refractivity contribution in [3.05, 3.63) is 36.6 Å². The first-order chi connectivity index (χ1) is 9.20. The van der Waals surface area contributed by atoms with Crippen LogP contribution in [0.2, 0.25) is 0 Å². The van der Waals surface area contributed by atoms with E-state index in [9.17, 15) is 4.79 Å². The Kier molecular flexibility index (Phi) is 9.87. The molecule has 1 fully saturated rings. The second kappa shape index (κ2) is 10.6. The molecule has 0 aliphatic heterocycles. The molecule has 2 nitrogen and oxygen atoms in total. The summed E-state index contributed by atoms with van der Waals surface area (Å²) in [6.45, 7) is 9.72. The van der Waals surface area contributed by atoms with E-state index in [4.69, 9.17) is 0 Å². The fourth-order valence-corrected chi connectivity index (χ4v) is 2.26. The fraction of sp³-hybridized carbons (Fsp3) is 0.588. The summed E-state index contributed by atoms with van der Waals surface area (Å²) in [7, 11) is 1.84. The van der Waals surface area contributed by atoms with E-state index in [1.807, 2.05) is 46.0 Å². The number of rotatable bonds is 4. The van der Waals surface area contributed by atoms with E-state index in [0.717, 1.165) is 18.5 Å². The molecule has 1 aliphatic rings. The highest BCUT2D eigenvalue weighted by Gasteiger charge is 2.24. The molecule has 0 bridgehead atoms. The van der Waals surface area contributed by atoms with Crippen LogP contribution >= 0.6 is 0 Å². The topological polar surface area (TPSA) is 20.3 Å². The van der Waals surface area contributed by atoms with Crippen molar-refractivity contribution in [2.75, 3.05) is 7.05 Å². The van der Waals surface area contributed by atoms with E-state index in [2.05, 4.69) is 6.58 Å². The van der Waals surface area contributed by atoms with Gasteiger partial charge in [0.2, 0.25) is 5.91 Å². The molecule has 0 spiro atoms. The Bertz CT molecular complexity index is 322. The lowest BCUT2D eigenvalue weighted by atomic mass is 9.88. The molecule has 0 aromatic carbocycles. The lowest BCUT2D eigenvalue weighted by molar-refractivity contribution is -0.133. The number of likely N-dealkylation sites (N-methyl/N-ethyl adjacent to an activating group) is 1. The maximum absolute atomic E-state index is 12.3. The number of amides is 1. The van der Waals surface area contributed by atoms with E-state index in [-0.39, 0.29) is 11.8 Å². The van der Waals surface area contributed by atoms with Crippen molar-refractivity contribution in [2.45, 2.75) is 52.9 Å². The van der Waals surface area contributed by atoms with Gasteiger partial charge in [-0.25, -0.2) is 0 Å². The molecular weight excluding hydrogens is 234 g/mol. The molecule has 0 heterocycles. The summed E-state index contributed by atoms with van der Waals surface area (Å²) in [5, 5.41) is 0. The van der Waals surface area contributed by atoms with Gasteiger partial charge in [-0.1, -0.05) is 51.8 Å². The van der Waals surface area contributed by atoms with Crippen molar-refractivity contribution in [1.82, 2.24) is 4.90 Å². The lowest BCUT2D eigenvalue weighted by Gasteiger charge is -2.26. The smallest absolute Gasteiger partial charge is 0.229 e. The van der Waals surface area contributed by atoms with Crippen molar-refractivity contribution < 1.29 is 4.79 Å². The molecule has 1 saturated carbocycles. The monoisotopic (exact) mass is 263 g/mol. The predicted octanol–water partition coefficient (Wildman–Crippen LogP) is 4.70. The highest BCUT2D eigenvalue weighted by molar-refractivity contribution is 5.80. The van der Waals surface area contributed by atoms with Crippen LogP contribution in [-0.4, -0.2) is 17.9 Å². The molecule has 1 aliphatic carbocycles. The summed E-state index contributed by atoms with van der Waals surface area (Å²) in [6, 6.07) is 0. The molecule has 19 heavy (non-hydrogen) atoms. The zero-order valence-electron chi connectivity index (χ0n) is 13.0. The zero-order chi connectivity index (χ0) is 14.7. The summed E-state index contributed by atoms with van der Waals surface area (Å²) in [5.41, 5.74) is 0.874. The normalized spacial score (nSPS) is 16.7. The van der Waals surface area contributed by atoms with E-state index in [0.29, 0.717) is 0 Å². The first-order valence-electron chi connectivity index (χ1n) is 7.43. The molecule has 0 unspecified atom stereocenters. The summed E-state index contributed by atoms with van der Waals surface area (Å²) >= 11 is 0. The van der Waals surface area contributed by atoms with Crippen LogP contribution in [0, 0.1) is 5.92 Å². The largest absolute Gasteiger partial charge is 0.315 e. The van der Waals surface area contributed by atoms with Gasteiger partial charge in [0, 0.05) is 18.7 Å². The van der Waals surface area contributed by atoms with Gasteiger partial charge in [0.05, 0.1) is 0 Å². The summed E-state index contributed by atoms with van der Waals surface area (Å²) < 4.78 is 0. The van der Waals surface area contributed by atoms with Crippen LogP contribution in [0.4, 0.5) is 0 Å². The summed E-state index contributed by atoms with van der Waals surface area (Å²) in [6.07, 6.45) is 13.3. The highest BCUT2D eigenvalue weighted by Crippen LogP contribution is 2.26. The van der Waals surface area contributed by atoms with Crippen LogP contribution in [-0.2, 0) is 4.79 Å². The third-order valence-corrected chi connectivity index (χ3v) is 3.34. The second-order valence-corrected chi connectivity index (χ2v) is 4.55. The van der Waals surface area contributed by atoms with Gasteiger partial charge in [0.1, 0.15) is 0 Å². The van der Waals surface area contributed by atoms with Crippen LogP contribution in [0.5, 0.6) is 0 Å². The minimum absolute atomic E-state index is 0.211. The predicted molar refractivity (Wildman–Crippen MR) is 83.8 cm³/mol. The maximum atomic E-state index is 12.3. The zero-order valence-corrected chi connectivity index (χ0v) is 13.0. The van der Waals surface area contributed by atoms with Crippen LogP contribution in [0.1, 0.15) is 52.9 Å². The maximum Gasteiger partial charge on any atom is 0.229 e. The molecule has 2 heteroatoms. The minimum Gasteiger partial charge on any atom is -0.315 e. The van der Waals surface area contributed by atoms with Gasteiger partial charge in [-0.2, -0.15) is 0 Å². The standard InChI is InChI=1S/C15H23NO.C2H6/c1-4-6-12-14(5-2)16(3)15(17)13-10-8-7-9-11-13;1-2/h4-6,12-13H,2,7-11H2,1,3H3;1-2H3/b6-4+,14-12+;. The van der Waals surface area contributed by atoms with Gasteiger partial charge in [0.25, 0.3) is 0 Å². The Labute approximate surface area is 118 Å². The van der Waals surface area contributed by atoms with E-state index in [1.54, 1.807) is 11.0 Å². The fourth-order valence-electron chi connectivity index (χ4n) is 2.26. The van der Waals surface area contributed by atoms with Crippen LogP contribution in [0.3, 0.4) is 0 Å². The van der Waals surface area contributed by atoms with E-state index < -0.39 is 0 Å². The second-order valence-electron chi connectivity index (χ2n) is 4.55. The first-order valence-corrected chi connectivity index (χ1v) is 7.43. The number of hydrogen-bond acceptors (Lipinski definition) is 1. The van der Waals surface area contributed by atoms with Crippen LogP contribution in [0.15, 0.2) is 36.6 Å². The lowest BCUT2D eigenvalue weighted by Crippen LogP contribution is -2.32. The average Bonchev–Trinajstić information content (AvgIpc) is 2.50. The first kappa shape index (κ1) is 17.7. The summed E-state index contributed by atoms with van der Waals surface area (Å²) in [4.78, 5) is 14.0. The Balaban J connectivity index is 0.00000154. The Morgan fingerprint density at radius 3 is 2.26 bits per heavy atom. The number of allylic oxidation sites excluding steroid dienone is 4. The van der Waals surface area contributed by atoms with Gasteiger partial charge < -0.3 is 4.90 Å². The summed E-state index contributed by atoms with van der Waals surface area (Å²) in [5.74, 6) is 0.447. The van der Waals surface area contributed by atoms with Gasteiger partial charge in [-0.3, -0.25) is 4.79 Å². The molecule has 0 aromatic heterocycles. The van der Waals surface area contributed by atoms with Crippen molar-refractivity contribution in [2.24, 2.45) is 5.92 Å². The Morgan fingerprint density at radius 1 is 1.21 bits per heavy atom. The quantitative estimate of drug-likeness (QED) is 0.673. The molecule has 0 radical (unpaired) electrons. The molecular formula is C17H29NO. The van der Waals surface area contributed by atoms with E-state index in [1.165, 1.54) is 19.3 Å². The van der Waals surface area contributed by atoms with Gasteiger partial charge in [0.15, 0.2) is 0 Å². The van der Waals surface area contributed by atoms with Gasteiger partial charge in [-0.15, -0.1) is 0 Å². The van der Waals surface area contributed by atoms with Gasteiger partial charge >= 0.3 is 0 Å². The van der Waals surface area contributed by atoms with Crippen molar-refractivity contribution in [1.29, 1.82) is 0 Å². The van der Waals surface area contributed by atoms with E-state index >= 15 is 0 Å². The SMILES string of the molecule is C=C/C(=C\C=C\C)N(C)C(=O)C1CCCCC1.CC. The third kappa shape index (κ3) is 5.91. The highest BCUT2D eigenvalue weighted by atomic mass is 16.2. The van der Waals surface area contributed by atoms with Crippen LogP contribution in [0.25, 0.3) is 0 Å². The number of nitrogens with zero attached hydrogens (tertiary/aromatic N) is 1. The molecule has 1 rings (SSSR count). The Morgan fingerprint density at radius 2 is 1.79 bits per heavy atom. The molecule has 1 amide bonds. The Hall–Kier alpha value is -1.31. The third-order valence-electron chi connectivity index (χ3n) is 3.34. The molecule has 108 valence electrons. The number of carbonyl (C=O) groups is 1. The molecule has 0 aromatic rings. The molecule has 0 N–H and O–H groups in total. The van der Waals surface area contributed by atoms with Crippen LogP contribution < -0.4 is 0 Å². The average molecular weight is 263 g/mol. The van der Waals surface area contributed by atoms with Crippen molar-refractivity contribution in [3.8, 4) is 0 Å². The van der Waals surface area contributed by atoms with Crippen molar-refractivity contribution >= 4 is 5.91 Å². The minimum atomic E-state index is 0.211. The van der Waals surface area contributed by atoms with Crippen molar-refractivity contribution in [3.63, 3.8) is 0 Å². The molecule has 0 saturated heterocycles. The number of carbonyl (C=O) groups excluding carboxylic acids is 1. The number of hydrogen-bond donors (Lipinski definition) is 0. The molecule has 0 atom stereocenters. The van der Waals surface area contributed by atoms with Gasteiger partial charge in [-0.05, 0) is 31.9 Å².